The van der Waals surface area contributed by atoms with Crippen LogP contribution < -0.4 is 11.1 Å². The Morgan fingerprint density at radius 3 is 1.47 bits per heavy atom. The van der Waals surface area contributed by atoms with E-state index in [-0.39, 0.29) is 61.7 Å². The second-order valence-electron chi connectivity index (χ2n) is 10.5. The third-order valence-corrected chi connectivity index (χ3v) is 8.59. The summed E-state index contributed by atoms with van der Waals surface area (Å²) < 4.78 is 7.56. The Bertz CT molecular complexity index is 2340. The quantitative estimate of drug-likeness (QED) is 0.118. The molecule has 2 atom stereocenters. The van der Waals surface area contributed by atoms with Crippen LogP contribution in [0, 0.1) is 0 Å². The summed E-state index contributed by atoms with van der Waals surface area (Å²) in [5, 5.41) is 4.63. The summed E-state index contributed by atoms with van der Waals surface area (Å²) in [6, 6.07) is 35.8. The molecule has 0 spiro atoms. The smallest absolute Gasteiger partial charge is 0.632 e. The molecule has 7 aromatic rings. The van der Waals surface area contributed by atoms with Crippen LogP contribution in [0.1, 0.15) is 7.43 Å². The molecule has 0 saturated heterocycles. The molecule has 0 fully saturated rings. The zero-order chi connectivity index (χ0) is 35.6. The van der Waals surface area contributed by atoms with Crippen LogP contribution in [0.4, 0.5) is 9.59 Å². The van der Waals surface area contributed by atoms with Gasteiger partial charge in [-0.1, -0.05) is 62.0 Å². The van der Waals surface area contributed by atoms with Crippen LogP contribution >= 0.6 is 17.2 Å². The van der Waals surface area contributed by atoms with Gasteiger partial charge < -0.3 is 40.5 Å². The summed E-state index contributed by atoms with van der Waals surface area (Å²) in [4.78, 5) is 55.0. The minimum Gasteiger partial charge on any atom is -0.632 e. The number of nitrogens with zero attached hydrogens (tertiary/aromatic N) is 2. The SMILES string of the molecule is C.COC([NH-])=O.COC([NH-])=O.O=[C-]Pc1ncc(-c2ccc3cc(-c4ccc5cc(-c6ccc7nc(P[C-]=O)[nH]c7c6)ccc5c4)ccc3c2)[nH]1.[V+2].[V+2]. The Balaban J connectivity index is 0.000000667. The second kappa shape index (κ2) is 21.0. The molecule has 16 heteroatoms. The summed E-state index contributed by atoms with van der Waals surface area (Å²) in [5.74, 6) is 0. The fourth-order valence-corrected chi connectivity index (χ4v) is 5.97. The molecule has 12 nitrogen and oxygen atoms in total. The number of methoxy groups -OCH3 is 2. The molecule has 4 N–H and O–H groups in total. The van der Waals surface area contributed by atoms with Crippen molar-refractivity contribution in [3.05, 3.63) is 109 Å². The molecule has 5 aromatic carbocycles. The largest absolute Gasteiger partial charge is 2.00 e. The van der Waals surface area contributed by atoms with Crippen molar-refractivity contribution in [3.8, 4) is 33.5 Å². The number of amides is 2. The molecule has 2 heterocycles. The van der Waals surface area contributed by atoms with Crippen LogP contribution in [-0.2, 0) is 56.2 Å². The summed E-state index contributed by atoms with van der Waals surface area (Å²) in [6.45, 7) is 0. The third kappa shape index (κ3) is 11.6. The van der Waals surface area contributed by atoms with Crippen LogP contribution in [0.15, 0.2) is 97.2 Å². The van der Waals surface area contributed by atoms with E-state index in [1.165, 1.54) is 10.8 Å². The number of imidazole rings is 2. The van der Waals surface area contributed by atoms with E-state index in [2.05, 4.69) is 114 Å². The first-order valence-corrected chi connectivity index (χ1v) is 16.7. The number of carbonyl (C=O) groups excluding carboxylic acids is 4. The first-order chi connectivity index (χ1) is 24.2. The summed E-state index contributed by atoms with van der Waals surface area (Å²) >= 11 is 0. The van der Waals surface area contributed by atoms with Crippen molar-refractivity contribution < 1.29 is 65.8 Å². The van der Waals surface area contributed by atoms with E-state index >= 15 is 0 Å². The molecular weight excluding hydrogens is 788 g/mol. The van der Waals surface area contributed by atoms with Crippen LogP contribution in [0.5, 0.6) is 0 Å². The molecule has 7 rings (SSSR count). The summed E-state index contributed by atoms with van der Waals surface area (Å²) in [5.41, 5.74) is 21.5. The topological polar surface area (TPSA) is 192 Å². The molecule has 266 valence electrons. The number of aromatic amines is 2. The average Bonchev–Trinajstić information content (AvgIpc) is 3.78. The molecule has 0 aliphatic heterocycles. The number of rotatable bonds is 7. The number of nitrogens with one attached hydrogen (secondary N) is 4. The minimum atomic E-state index is -0.995. The Kier molecular flexibility index (Phi) is 17.6. The van der Waals surface area contributed by atoms with Gasteiger partial charge in [0.2, 0.25) is 12.2 Å². The van der Waals surface area contributed by atoms with Gasteiger partial charge in [-0.05, 0) is 80.2 Å². The first-order valence-electron chi connectivity index (χ1n) is 14.7. The molecule has 0 bridgehead atoms. The van der Waals surface area contributed by atoms with E-state index in [1.807, 2.05) is 18.1 Å². The molecule has 53 heavy (non-hydrogen) atoms. The van der Waals surface area contributed by atoms with E-state index in [9.17, 15) is 19.2 Å². The van der Waals surface area contributed by atoms with Crippen LogP contribution in [-0.4, -0.2) is 58.4 Å². The second-order valence-corrected chi connectivity index (χ2v) is 12.3. The average molecular weight is 821 g/mol. The van der Waals surface area contributed by atoms with Gasteiger partial charge in [-0.15, -0.1) is 0 Å². The number of hydrogen-bond donors (Lipinski definition) is 2. The predicted molar refractivity (Wildman–Crippen MR) is 207 cm³/mol. The van der Waals surface area contributed by atoms with Crippen LogP contribution in [0.3, 0.4) is 0 Å². The van der Waals surface area contributed by atoms with Gasteiger partial charge in [0.25, 0.3) is 0 Å². The van der Waals surface area contributed by atoms with Crippen molar-refractivity contribution >= 4 is 85.1 Å². The Morgan fingerprint density at radius 1 is 0.623 bits per heavy atom. The fraction of sp³-hybridized carbons (Fsp3) is 0.0811. The number of hydrogen-bond acceptors (Lipinski definition) is 8. The molecule has 2 radical (unpaired) electrons. The molecule has 2 amide bonds. The molecular formula is C37H32N6O6P2V2. The van der Waals surface area contributed by atoms with Crippen molar-refractivity contribution in [2.45, 2.75) is 7.43 Å². The van der Waals surface area contributed by atoms with Crippen LogP contribution in [0.25, 0.3) is 77.6 Å². The van der Waals surface area contributed by atoms with Gasteiger partial charge in [-0.2, -0.15) is 17.2 Å². The van der Waals surface area contributed by atoms with Gasteiger partial charge in [0.1, 0.15) is 0 Å². The number of H-pyrrole nitrogens is 2. The van der Waals surface area contributed by atoms with Crippen molar-refractivity contribution in [2.24, 2.45) is 0 Å². The van der Waals surface area contributed by atoms with E-state index in [0.717, 1.165) is 69.5 Å². The van der Waals surface area contributed by atoms with E-state index in [4.69, 9.17) is 11.5 Å². The maximum atomic E-state index is 10.7. The van der Waals surface area contributed by atoms with E-state index in [0.29, 0.717) is 11.1 Å². The van der Waals surface area contributed by atoms with Gasteiger partial charge in [0.15, 0.2) is 0 Å². The number of benzene rings is 5. The number of carbonyl (C=O) groups is 2. The van der Waals surface area contributed by atoms with Gasteiger partial charge in [0, 0.05) is 5.56 Å². The van der Waals surface area contributed by atoms with Gasteiger partial charge in [0.05, 0.1) is 48.3 Å². The Morgan fingerprint density at radius 2 is 1.02 bits per heavy atom. The summed E-state index contributed by atoms with van der Waals surface area (Å²) in [7, 11) is 2.14. The molecule has 0 saturated carbocycles. The molecule has 0 aliphatic carbocycles. The summed E-state index contributed by atoms with van der Waals surface area (Å²) in [6.07, 6.45) is -0.231. The Hall–Kier alpha value is -4.79. The van der Waals surface area contributed by atoms with Crippen LogP contribution in [0.2, 0.25) is 0 Å². The first kappa shape index (κ1) is 44.4. The molecule has 0 aliphatic rings. The van der Waals surface area contributed by atoms with Gasteiger partial charge in [-0.25, -0.2) is 22.0 Å². The normalized spacial score (nSPS) is 10.3. The molecule has 2 unspecified atom stereocenters. The number of fused-ring (bicyclic) bond motifs is 3. The zero-order valence-corrected chi connectivity index (χ0v) is 32.3. The van der Waals surface area contributed by atoms with Crippen molar-refractivity contribution in [3.63, 3.8) is 0 Å². The van der Waals surface area contributed by atoms with Crippen molar-refractivity contribution in [2.75, 3.05) is 14.2 Å². The maximum Gasteiger partial charge on any atom is 2.00 e. The minimum absolute atomic E-state index is 0. The van der Waals surface area contributed by atoms with Gasteiger partial charge >= 0.3 is 37.1 Å². The number of ether oxygens (including phenoxy) is 2. The molecule has 2 aromatic heterocycles. The third-order valence-electron chi connectivity index (χ3n) is 7.43. The van der Waals surface area contributed by atoms with Crippen molar-refractivity contribution in [1.82, 2.24) is 19.9 Å². The van der Waals surface area contributed by atoms with E-state index < -0.39 is 12.2 Å². The van der Waals surface area contributed by atoms with Crippen molar-refractivity contribution in [1.29, 1.82) is 0 Å². The Labute approximate surface area is 332 Å². The standard InChI is InChI=1S/C32H20N4O2P2.2C2H5NO2.CH4.2V/c37-17-39-31-33-16-30(36-31)27-8-7-23-12-21(4-6-25(23)14-27)19-1-2-22-13-24(5-3-20(22)11-19)26-9-10-28-29(15-26)35-32(34-28)40-18-38;2*1-5-2(3)4;;;/h1-16,39-40H,(H,33,36)(H,34,35);2*1H3,(H2,3,4);1H4;;/q-2;;;;2*+2/p-2. The zero-order valence-electron chi connectivity index (χ0n) is 27.5. The predicted octanol–water partition coefficient (Wildman–Crippen LogP) is 8.58. The van der Waals surface area contributed by atoms with Gasteiger partial charge in [-0.3, -0.25) is 9.59 Å². The number of aromatic nitrogens is 4. The van der Waals surface area contributed by atoms with E-state index in [1.54, 1.807) is 6.20 Å². The monoisotopic (exact) mass is 820 g/mol. The maximum absolute atomic E-state index is 10.7. The fourth-order valence-electron chi connectivity index (χ4n) is 5.07.